The molecule has 0 saturated carbocycles. The molecule has 1 aliphatic rings. The molecule has 5 rings (SSSR count). The fourth-order valence-corrected chi connectivity index (χ4v) is 5.80. The molecule has 188 valence electrons. The minimum atomic E-state index is -0.170. The molecule has 1 fully saturated rings. The van der Waals surface area contributed by atoms with Crippen LogP contribution in [0.5, 0.6) is 0 Å². The lowest BCUT2D eigenvalue weighted by atomic mass is 9.95. The van der Waals surface area contributed by atoms with Crippen LogP contribution in [0, 0.1) is 17.5 Å². The van der Waals surface area contributed by atoms with Gasteiger partial charge in [-0.1, -0.05) is 6.07 Å². The molecule has 36 heavy (non-hydrogen) atoms. The fraction of sp³-hybridized carbons (Fsp3) is 0.370. The van der Waals surface area contributed by atoms with Crippen LogP contribution >= 0.6 is 22.6 Å². The first-order valence-corrected chi connectivity index (χ1v) is 13.2. The molecule has 1 N–H and O–H groups in total. The van der Waals surface area contributed by atoms with E-state index in [1.54, 1.807) is 6.20 Å². The first kappa shape index (κ1) is 24.8. The van der Waals surface area contributed by atoms with Crippen molar-refractivity contribution in [1.82, 2.24) is 19.2 Å². The van der Waals surface area contributed by atoms with Crippen molar-refractivity contribution in [3.8, 4) is 11.1 Å². The quantitative estimate of drug-likeness (QED) is 0.325. The normalized spacial score (nSPS) is 14.4. The number of carbonyl (C=O) groups is 1. The maximum atomic E-state index is 13.4. The van der Waals surface area contributed by atoms with E-state index in [0.717, 1.165) is 50.4 Å². The first-order valence-electron chi connectivity index (χ1n) is 12.1. The summed E-state index contributed by atoms with van der Waals surface area (Å²) in [7, 11) is 0. The summed E-state index contributed by atoms with van der Waals surface area (Å²) in [5.74, 6) is -0.141. The predicted molar refractivity (Wildman–Crippen MR) is 151 cm³/mol. The van der Waals surface area contributed by atoms with E-state index < -0.39 is 0 Å². The Balaban J connectivity index is 1.53. The van der Waals surface area contributed by atoms with Gasteiger partial charge in [-0.05, 0) is 86.0 Å². The number of morpholine rings is 1. The van der Waals surface area contributed by atoms with Crippen molar-refractivity contribution in [1.29, 1.82) is 0 Å². The molecule has 0 bridgehead atoms. The second-order valence-corrected chi connectivity index (χ2v) is 11.3. The number of nitrogens with one attached hydrogen (secondary N) is 1. The molecule has 1 amide bonds. The molecule has 0 unspecified atom stereocenters. The van der Waals surface area contributed by atoms with E-state index in [9.17, 15) is 4.79 Å². The predicted octanol–water partition coefficient (Wildman–Crippen LogP) is 5.26. The third-order valence-corrected chi connectivity index (χ3v) is 7.58. The number of imidazole rings is 1. The molecule has 3 aromatic heterocycles. The number of carbonyl (C=O) groups excluding carboxylic acids is 1. The lowest BCUT2D eigenvalue weighted by molar-refractivity contribution is 0.102. The number of rotatable bonds is 4. The average molecular weight is 598 g/mol. The number of anilines is 2. The molecule has 4 heterocycles. The summed E-state index contributed by atoms with van der Waals surface area (Å²) in [6.07, 6.45) is 7.59. The van der Waals surface area contributed by atoms with Crippen molar-refractivity contribution in [3.05, 3.63) is 63.4 Å². The maximum Gasteiger partial charge on any atom is 0.256 e. The standard InChI is InChI=1S/C27H31IN6O2/c1-17-12-18(2)21(26(35)31-22-15-30-34(24(22)28)27(3,4)5)14-20(17)19-13-23(32-8-10-36-11-9-32)25-29-6-7-33(25)16-19/h6-7,12-16H,8-11H2,1-5H3,(H,31,35). The van der Waals surface area contributed by atoms with Gasteiger partial charge in [-0.25, -0.2) is 4.98 Å². The summed E-state index contributed by atoms with van der Waals surface area (Å²) < 4.78 is 10.4. The minimum Gasteiger partial charge on any atom is -0.378 e. The number of hydrogen-bond acceptors (Lipinski definition) is 5. The van der Waals surface area contributed by atoms with Gasteiger partial charge in [0.05, 0.1) is 36.3 Å². The van der Waals surface area contributed by atoms with Gasteiger partial charge in [0.25, 0.3) is 5.91 Å². The van der Waals surface area contributed by atoms with Gasteiger partial charge in [-0.2, -0.15) is 5.10 Å². The molecule has 0 spiro atoms. The van der Waals surface area contributed by atoms with Crippen molar-refractivity contribution in [3.63, 3.8) is 0 Å². The molecular formula is C27H31IN6O2. The number of hydrogen-bond donors (Lipinski definition) is 1. The van der Waals surface area contributed by atoms with Crippen LogP contribution in [0.25, 0.3) is 16.8 Å². The molecule has 8 nitrogen and oxygen atoms in total. The summed E-state index contributed by atoms with van der Waals surface area (Å²) in [6.45, 7) is 13.4. The van der Waals surface area contributed by atoms with Gasteiger partial charge in [-0.3, -0.25) is 9.48 Å². The third-order valence-electron chi connectivity index (χ3n) is 6.54. The first-order chi connectivity index (χ1) is 17.1. The van der Waals surface area contributed by atoms with Crippen LogP contribution in [0.4, 0.5) is 11.4 Å². The molecule has 1 aromatic carbocycles. The van der Waals surface area contributed by atoms with Crippen molar-refractivity contribution < 1.29 is 9.53 Å². The van der Waals surface area contributed by atoms with Crippen LogP contribution in [-0.4, -0.2) is 51.4 Å². The summed E-state index contributed by atoms with van der Waals surface area (Å²) in [5, 5.41) is 7.57. The number of aryl methyl sites for hydroxylation is 2. The minimum absolute atomic E-state index is 0.141. The third kappa shape index (κ3) is 4.61. The summed E-state index contributed by atoms with van der Waals surface area (Å²) in [6, 6.07) is 6.27. The molecule has 1 aliphatic heterocycles. The summed E-state index contributed by atoms with van der Waals surface area (Å²) in [5.41, 5.74) is 7.32. The highest BCUT2D eigenvalue weighted by Crippen LogP contribution is 2.33. The van der Waals surface area contributed by atoms with E-state index in [4.69, 9.17) is 4.74 Å². The second kappa shape index (κ2) is 9.51. The van der Waals surface area contributed by atoms with Gasteiger partial charge < -0.3 is 19.4 Å². The van der Waals surface area contributed by atoms with Crippen molar-refractivity contribution in [2.24, 2.45) is 0 Å². The van der Waals surface area contributed by atoms with Crippen molar-refractivity contribution >= 4 is 45.5 Å². The molecular weight excluding hydrogens is 567 g/mol. The zero-order chi connectivity index (χ0) is 25.6. The zero-order valence-corrected chi connectivity index (χ0v) is 23.5. The van der Waals surface area contributed by atoms with E-state index in [-0.39, 0.29) is 11.4 Å². The SMILES string of the molecule is Cc1cc(C)c(-c2cc(N3CCOCC3)c3nccn3c2)cc1C(=O)Nc1cnn(C(C)(C)C)c1I. The van der Waals surface area contributed by atoms with Crippen LogP contribution in [0.2, 0.25) is 0 Å². The van der Waals surface area contributed by atoms with E-state index in [0.29, 0.717) is 24.5 Å². The number of amides is 1. The molecule has 4 aromatic rings. The van der Waals surface area contributed by atoms with Crippen LogP contribution in [0.1, 0.15) is 42.3 Å². The highest BCUT2D eigenvalue weighted by Gasteiger charge is 2.22. The monoisotopic (exact) mass is 598 g/mol. The number of fused-ring (bicyclic) bond motifs is 1. The number of halogens is 1. The topological polar surface area (TPSA) is 76.7 Å². The molecule has 0 radical (unpaired) electrons. The van der Waals surface area contributed by atoms with Gasteiger partial charge in [0, 0.05) is 42.8 Å². The Kier molecular flexibility index (Phi) is 6.54. The molecule has 0 aliphatic carbocycles. The summed E-state index contributed by atoms with van der Waals surface area (Å²) >= 11 is 2.24. The van der Waals surface area contributed by atoms with E-state index in [1.807, 2.05) is 30.1 Å². The zero-order valence-electron chi connectivity index (χ0n) is 21.3. The number of pyridine rings is 1. The second-order valence-electron chi connectivity index (χ2n) is 10.2. The Morgan fingerprint density at radius 3 is 2.56 bits per heavy atom. The molecule has 1 saturated heterocycles. The largest absolute Gasteiger partial charge is 0.378 e. The van der Waals surface area contributed by atoms with E-state index in [1.165, 1.54) is 0 Å². The fourth-order valence-electron chi connectivity index (χ4n) is 4.68. The van der Waals surface area contributed by atoms with Crippen molar-refractivity contribution in [2.45, 2.75) is 40.2 Å². The molecule has 0 atom stereocenters. The van der Waals surface area contributed by atoms with Gasteiger partial charge >= 0.3 is 0 Å². The lowest BCUT2D eigenvalue weighted by Gasteiger charge is -2.29. The van der Waals surface area contributed by atoms with E-state index >= 15 is 0 Å². The Hall–Kier alpha value is -2.92. The molecule has 9 heteroatoms. The Morgan fingerprint density at radius 1 is 1.11 bits per heavy atom. The average Bonchev–Trinajstić information content (AvgIpc) is 3.45. The van der Waals surface area contributed by atoms with Crippen LogP contribution in [-0.2, 0) is 10.3 Å². The lowest BCUT2D eigenvalue weighted by Crippen LogP contribution is -2.36. The highest BCUT2D eigenvalue weighted by atomic mass is 127. The van der Waals surface area contributed by atoms with E-state index in [2.05, 4.69) is 93.3 Å². The number of nitrogens with zero attached hydrogens (tertiary/aromatic N) is 5. The number of benzene rings is 1. The number of ether oxygens (including phenoxy) is 1. The van der Waals surface area contributed by atoms with Crippen LogP contribution in [0.3, 0.4) is 0 Å². The van der Waals surface area contributed by atoms with Gasteiger partial charge in [0.2, 0.25) is 0 Å². The van der Waals surface area contributed by atoms with Crippen LogP contribution < -0.4 is 10.2 Å². The number of aromatic nitrogens is 4. The Morgan fingerprint density at radius 2 is 1.86 bits per heavy atom. The van der Waals surface area contributed by atoms with Gasteiger partial charge in [0.15, 0.2) is 5.65 Å². The summed E-state index contributed by atoms with van der Waals surface area (Å²) in [4.78, 5) is 20.4. The Labute approximate surface area is 224 Å². The highest BCUT2D eigenvalue weighted by molar-refractivity contribution is 14.1. The maximum absolute atomic E-state index is 13.4. The van der Waals surface area contributed by atoms with Gasteiger partial charge in [0.1, 0.15) is 3.70 Å². The van der Waals surface area contributed by atoms with Gasteiger partial charge in [-0.15, -0.1) is 0 Å². The van der Waals surface area contributed by atoms with Crippen molar-refractivity contribution in [2.75, 3.05) is 36.5 Å². The Bertz CT molecular complexity index is 1440. The van der Waals surface area contributed by atoms with Crippen LogP contribution in [0.15, 0.2) is 43.0 Å². The smallest absolute Gasteiger partial charge is 0.256 e.